The Kier molecular flexibility index (Phi) is 3.25. The van der Waals surface area contributed by atoms with E-state index < -0.39 is 0 Å². The van der Waals surface area contributed by atoms with Gasteiger partial charge in [-0.15, -0.1) is 0 Å². The van der Waals surface area contributed by atoms with Crippen LogP contribution < -0.4 is 5.73 Å². The molecule has 2 aromatic rings. The first kappa shape index (κ1) is 10.7. The van der Waals surface area contributed by atoms with E-state index in [0.717, 1.165) is 29.8 Å². The lowest BCUT2D eigenvalue weighted by molar-refractivity contribution is 0.572. The topological polar surface area (TPSA) is 43.8 Å². The van der Waals surface area contributed by atoms with Crippen molar-refractivity contribution < 1.29 is 0 Å². The van der Waals surface area contributed by atoms with Crippen LogP contribution in [0.3, 0.4) is 0 Å². The number of nitrogens with zero attached hydrogens (tertiary/aromatic N) is 2. The van der Waals surface area contributed by atoms with Gasteiger partial charge in [0.1, 0.15) is 0 Å². The third-order valence-electron chi connectivity index (χ3n) is 2.59. The second-order valence-electron chi connectivity index (χ2n) is 3.97. The summed E-state index contributed by atoms with van der Waals surface area (Å²) in [4.78, 5) is 0. The average Bonchev–Trinajstić information content (AvgIpc) is 2.75. The molecule has 1 aromatic carbocycles. The minimum absolute atomic E-state index is 0.791. The fraction of sp³-hybridized carbons (Fsp3) is 0.308. The Labute approximate surface area is 95.9 Å². The Morgan fingerprint density at radius 1 is 1.31 bits per heavy atom. The molecule has 0 atom stereocenters. The molecular formula is C13H17N3. The van der Waals surface area contributed by atoms with Gasteiger partial charge in [0.05, 0.1) is 6.20 Å². The molecule has 0 fully saturated rings. The highest BCUT2D eigenvalue weighted by atomic mass is 15.3. The molecule has 0 amide bonds. The summed E-state index contributed by atoms with van der Waals surface area (Å²) in [6.45, 7) is 3.17. The fourth-order valence-electron chi connectivity index (χ4n) is 1.67. The molecule has 0 aliphatic heterocycles. The van der Waals surface area contributed by atoms with E-state index in [1.54, 1.807) is 0 Å². The third kappa shape index (κ3) is 2.42. The van der Waals surface area contributed by atoms with Crippen molar-refractivity contribution in [3.63, 3.8) is 0 Å². The lowest BCUT2D eigenvalue weighted by atomic mass is 10.1. The summed E-state index contributed by atoms with van der Waals surface area (Å²) in [6.07, 6.45) is 6.32. The number of aromatic nitrogens is 2. The summed E-state index contributed by atoms with van der Waals surface area (Å²) >= 11 is 0. The number of anilines is 1. The van der Waals surface area contributed by atoms with E-state index in [-0.39, 0.29) is 0 Å². The number of rotatable bonds is 4. The molecule has 1 aromatic heterocycles. The maximum atomic E-state index is 5.76. The SMILES string of the molecule is CCCCn1cc(-c2cccc(N)c2)cn1. The first-order valence-electron chi connectivity index (χ1n) is 5.68. The predicted octanol–water partition coefficient (Wildman–Crippen LogP) is 2.93. The zero-order chi connectivity index (χ0) is 11.4. The average molecular weight is 215 g/mol. The molecule has 84 valence electrons. The van der Waals surface area contributed by atoms with Crippen LogP contribution in [0, 0.1) is 0 Å². The van der Waals surface area contributed by atoms with Crippen LogP contribution in [0.5, 0.6) is 0 Å². The van der Waals surface area contributed by atoms with Crippen LogP contribution in [0.25, 0.3) is 11.1 Å². The van der Waals surface area contributed by atoms with Crippen LogP contribution in [0.15, 0.2) is 36.7 Å². The van der Waals surface area contributed by atoms with Gasteiger partial charge < -0.3 is 5.73 Å². The molecule has 0 unspecified atom stereocenters. The summed E-state index contributed by atoms with van der Waals surface area (Å²) in [7, 11) is 0. The van der Waals surface area contributed by atoms with Crippen molar-refractivity contribution in [2.24, 2.45) is 0 Å². The van der Waals surface area contributed by atoms with Crippen molar-refractivity contribution in [1.82, 2.24) is 9.78 Å². The van der Waals surface area contributed by atoms with Gasteiger partial charge in [-0.2, -0.15) is 5.10 Å². The molecule has 0 saturated carbocycles. The van der Waals surface area contributed by atoms with Gasteiger partial charge in [0.2, 0.25) is 0 Å². The molecular weight excluding hydrogens is 198 g/mol. The van der Waals surface area contributed by atoms with E-state index in [2.05, 4.69) is 24.3 Å². The second kappa shape index (κ2) is 4.84. The monoisotopic (exact) mass is 215 g/mol. The maximum absolute atomic E-state index is 5.76. The largest absolute Gasteiger partial charge is 0.399 e. The van der Waals surface area contributed by atoms with Gasteiger partial charge in [-0.1, -0.05) is 25.5 Å². The summed E-state index contributed by atoms with van der Waals surface area (Å²) in [6, 6.07) is 7.89. The van der Waals surface area contributed by atoms with Crippen LogP contribution in [0.2, 0.25) is 0 Å². The van der Waals surface area contributed by atoms with Crippen LogP contribution in [0.4, 0.5) is 5.69 Å². The third-order valence-corrected chi connectivity index (χ3v) is 2.59. The van der Waals surface area contributed by atoms with Gasteiger partial charge in [0.15, 0.2) is 0 Å². The van der Waals surface area contributed by atoms with Gasteiger partial charge in [0, 0.05) is 24.0 Å². The molecule has 1 heterocycles. The summed E-state index contributed by atoms with van der Waals surface area (Å²) in [5.74, 6) is 0. The minimum atomic E-state index is 0.791. The van der Waals surface area contributed by atoms with E-state index in [0.29, 0.717) is 0 Å². The van der Waals surface area contributed by atoms with Crippen molar-refractivity contribution in [3.05, 3.63) is 36.7 Å². The highest BCUT2D eigenvalue weighted by Crippen LogP contribution is 2.20. The molecule has 0 radical (unpaired) electrons. The van der Waals surface area contributed by atoms with Gasteiger partial charge in [-0.05, 0) is 24.1 Å². The van der Waals surface area contributed by atoms with E-state index >= 15 is 0 Å². The summed E-state index contributed by atoms with van der Waals surface area (Å²) in [5.41, 5.74) is 8.80. The quantitative estimate of drug-likeness (QED) is 0.797. The van der Waals surface area contributed by atoms with E-state index in [9.17, 15) is 0 Å². The molecule has 16 heavy (non-hydrogen) atoms. The molecule has 0 aliphatic carbocycles. The normalized spacial score (nSPS) is 10.6. The zero-order valence-electron chi connectivity index (χ0n) is 9.56. The summed E-state index contributed by atoms with van der Waals surface area (Å²) in [5, 5.41) is 4.34. The van der Waals surface area contributed by atoms with Crippen LogP contribution in [-0.4, -0.2) is 9.78 Å². The lowest BCUT2D eigenvalue weighted by Gasteiger charge is -1.99. The molecule has 0 aliphatic rings. The Hall–Kier alpha value is -1.77. The minimum Gasteiger partial charge on any atom is -0.399 e. The zero-order valence-corrected chi connectivity index (χ0v) is 9.56. The van der Waals surface area contributed by atoms with Crippen molar-refractivity contribution in [2.45, 2.75) is 26.3 Å². The second-order valence-corrected chi connectivity index (χ2v) is 3.97. The van der Waals surface area contributed by atoms with E-state index in [1.165, 1.54) is 6.42 Å². The van der Waals surface area contributed by atoms with Crippen LogP contribution in [-0.2, 0) is 6.54 Å². The number of hydrogen-bond acceptors (Lipinski definition) is 2. The first-order chi connectivity index (χ1) is 7.79. The van der Waals surface area contributed by atoms with Gasteiger partial charge >= 0.3 is 0 Å². The first-order valence-corrected chi connectivity index (χ1v) is 5.68. The van der Waals surface area contributed by atoms with Crippen molar-refractivity contribution >= 4 is 5.69 Å². The number of benzene rings is 1. The smallest absolute Gasteiger partial charge is 0.0568 e. The summed E-state index contributed by atoms with van der Waals surface area (Å²) < 4.78 is 1.99. The predicted molar refractivity (Wildman–Crippen MR) is 67.0 cm³/mol. The molecule has 3 nitrogen and oxygen atoms in total. The van der Waals surface area contributed by atoms with Gasteiger partial charge in [-0.3, -0.25) is 4.68 Å². The Bertz CT molecular complexity index is 460. The van der Waals surface area contributed by atoms with Crippen molar-refractivity contribution in [2.75, 3.05) is 5.73 Å². The fourth-order valence-corrected chi connectivity index (χ4v) is 1.67. The van der Waals surface area contributed by atoms with Crippen LogP contribution in [0.1, 0.15) is 19.8 Å². The van der Waals surface area contributed by atoms with Gasteiger partial charge in [0.25, 0.3) is 0 Å². The maximum Gasteiger partial charge on any atom is 0.0568 e. The van der Waals surface area contributed by atoms with E-state index in [4.69, 9.17) is 5.73 Å². The Morgan fingerprint density at radius 2 is 2.19 bits per heavy atom. The molecule has 2 rings (SSSR count). The van der Waals surface area contributed by atoms with Crippen LogP contribution >= 0.6 is 0 Å². The Morgan fingerprint density at radius 3 is 2.94 bits per heavy atom. The highest BCUT2D eigenvalue weighted by Gasteiger charge is 2.01. The van der Waals surface area contributed by atoms with E-state index in [1.807, 2.05) is 29.1 Å². The lowest BCUT2D eigenvalue weighted by Crippen LogP contribution is -1.96. The van der Waals surface area contributed by atoms with Crippen molar-refractivity contribution in [1.29, 1.82) is 0 Å². The molecule has 0 spiro atoms. The van der Waals surface area contributed by atoms with Crippen molar-refractivity contribution in [3.8, 4) is 11.1 Å². The number of nitrogens with two attached hydrogens (primary N) is 1. The number of unbranched alkanes of at least 4 members (excludes halogenated alkanes) is 1. The molecule has 0 saturated heterocycles. The number of aryl methyl sites for hydroxylation is 1. The standard InChI is InChI=1S/C13H17N3/c1-2-3-7-16-10-12(9-15-16)11-5-4-6-13(14)8-11/h4-6,8-10H,2-3,7,14H2,1H3. The molecule has 2 N–H and O–H groups in total. The number of hydrogen-bond donors (Lipinski definition) is 1. The molecule has 0 bridgehead atoms. The number of nitrogen functional groups attached to an aromatic ring is 1. The molecule has 3 heteroatoms. The van der Waals surface area contributed by atoms with Gasteiger partial charge in [-0.25, -0.2) is 0 Å². The Balaban J connectivity index is 2.18. The highest BCUT2D eigenvalue weighted by molar-refractivity contribution is 5.65.